The van der Waals surface area contributed by atoms with Crippen molar-refractivity contribution in [3.05, 3.63) is 58.3 Å². The predicted octanol–water partition coefficient (Wildman–Crippen LogP) is 2.69. The number of phenols is 1. The molecule has 0 atom stereocenters. The molecule has 2 amide bonds. The van der Waals surface area contributed by atoms with Gasteiger partial charge in [0.25, 0.3) is 5.91 Å². The Morgan fingerprint density at radius 1 is 1.07 bits per heavy atom. The van der Waals surface area contributed by atoms with Crippen molar-refractivity contribution in [1.82, 2.24) is 9.80 Å². The predicted molar refractivity (Wildman–Crippen MR) is 103 cm³/mol. The lowest BCUT2D eigenvalue weighted by Crippen LogP contribution is -2.50. The molecule has 0 spiro atoms. The van der Waals surface area contributed by atoms with E-state index in [4.69, 9.17) is 0 Å². The zero-order valence-electron chi connectivity index (χ0n) is 14.5. The van der Waals surface area contributed by atoms with Gasteiger partial charge in [-0.2, -0.15) is 0 Å². The smallest absolute Gasteiger partial charge is 0.257 e. The SMILES string of the molecule is O=C(CN1CCN(C(=O)c2cc(Br)ccc2O)CC1)Nc1ccc(F)cc1. The fraction of sp³-hybridized carbons (Fsp3) is 0.263. The van der Waals surface area contributed by atoms with Gasteiger partial charge in [0.05, 0.1) is 12.1 Å². The summed E-state index contributed by atoms with van der Waals surface area (Å²) in [5, 5.41) is 12.6. The minimum absolute atomic E-state index is 0.0516. The van der Waals surface area contributed by atoms with E-state index in [2.05, 4.69) is 21.2 Å². The van der Waals surface area contributed by atoms with Crippen LogP contribution in [0.3, 0.4) is 0 Å². The van der Waals surface area contributed by atoms with Crippen molar-refractivity contribution in [3.8, 4) is 5.75 Å². The average Bonchev–Trinajstić information content (AvgIpc) is 2.65. The van der Waals surface area contributed by atoms with Gasteiger partial charge in [-0.1, -0.05) is 15.9 Å². The van der Waals surface area contributed by atoms with Crippen molar-refractivity contribution in [2.45, 2.75) is 0 Å². The third-order valence-electron chi connectivity index (χ3n) is 4.34. The van der Waals surface area contributed by atoms with E-state index in [1.807, 2.05) is 4.90 Å². The largest absolute Gasteiger partial charge is 0.507 e. The second kappa shape index (κ2) is 8.49. The Morgan fingerprint density at radius 2 is 1.74 bits per heavy atom. The number of carbonyl (C=O) groups excluding carboxylic acids is 2. The number of carbonyl (C=O) groups is 2. The number of rotatable bonds is 4. The number of piperazine rings is 1. The van der Waals surface area contributed by atoms with Crippen LogP contribution in [0.25, 0.3) is 0 Å². The van der Waals surface area contributed by atoms with E-state index in [0.29, 0.717) is 31.9 Å². The fourth-order valence-corrected chi connectivity index (χ4v) is 3.26. The van der Waals surface area contributed by atoms with Crippen molar-refractivity contribution in [1.29, 1.82) is 0 Å². The Balaban J connectivity index is 1.51. The first-order chi connectivity index (χ1) is 12.9. The molecule has 2 aromatic rings. The molecule has 2 N–H and O–H groups in total. The van der Waals surface area contributed by atoms with Crippen molar-refractivity contribution < 1.29 is 19.1 Å². The molecule has 1 aliphatic rings. The molecule has 142 valence electrons. The molecule has 27 heavy (non-hydrogen) atoms. The van der Waals surface area contributed by atoms with Gasteiger partial charge in [0.2, 0.25) is 5.91 Å². The second-order valence-electron chi connectivity index (χ2n) is 6.28. The number of benzene rings is 2. The van der Waals surface area contributed by atoms with Crippen LogP contribution < -0.4 is 5.32 Å². The monoisotopic (exact) mass is 435 g/mol. The lowest BCUT2D eigenvalue weighted by Gasteiger charge is -2.34. The molecular weight excluding hydrogens is 417 g/mol. The highest BCUT2D eigenvalue weighted by Crippen LogP contribution is 2.23. The molecule has 1 heterocycles. The number of nitrogens with zero attached hydrogens (tertiary/aromatic N) is 2. The van der Waals surface area contributed by atoms with E-state index in [0.717, 1.165) is 4.47 Å². The topological polar surface area (TPSA) is 72.9 Å². The molecule has 2 aromatic carbocycles. The van der Waals surface area contributed by atoms with Crippen LogP contribution in [0.5, 0.6) is 5.75 Å². The van der Waals surface area contributed by atoms with Gasteiger partial charge in [-0.25, -0.2) is 4.39 Å². The Hall–Kier alpha value is -2.45. The maximum atomic E-state index is 12.9. The van der Waals surface area contributed by atoms with E-state index in [9.17, 15) is 19.1 Å². The quantitative estimate of drug-likeness (QED) is 0.774. The summed E-state index contributed by atoms with van der Waals surface area (Å²) < 4.78 is 13.6. The maximum absolute atomic E-state index is 12.9. The molecular formula is C19H19BrFN3O3. The summed E-state index contributed by atoms with van der Waals surface area (Å²) in [7, 11) is 0. The number of aromatic hydroxyl groups is 1. The number of hydrogen-bond acceptors (Lipinski definition) is 4. The summed E-state index contributed by atoms with van der Waals surface area (Å²) in [6.45, 7) is 2.24. The summed E-state index contributed by atoms with van der Waals surface area (Å²) >= 11 is 3.30. The molecule has 1 fully saturated rings. The van der Waals surface area contributed by atoms with E-state index < -0.39 is 0 Å². The molecule has 0 radical (unpaired) electrons. The van der Waals surface area contributed by atoms with Gasteiger partial charge in [0, 0.05) is 36.3 Å². The van der Waals surface area contributed by atoms with E-state index in [-0.39, 0.29) is 35.5 Å². The molecule has 6 nitrogen and oxygen atoms in total. The van der Waals surface area contributed by atoms with Crippen molar-refractivity contribution >= 4 is 33.4 Å². The van der Waals surface area contributed by atoms with Crippen LogP contribution in [0.4, 0.5) is 10.1 Å². The first-order valence-electron chi connectivity index (χ1n) is 8.48. The van der Waals surface area contributed by atoms with Gasteiger partial charge >= 0.3 is 0 Å². The van der Waals surface area contributed by atoms with Gasteiger partial charge in [-0.05, 0) is 42.5 Å². The summed E-state index contributed by atoms with van der Waals surface area (Å²) in [6.07, 6.45) is 0. The van der Waals surface area contributed by atoms with Gasteiger partial charge in [-0.3, -0.25) is 14.5 Å². The van der Waals surface area contributed by atoms with Gasteiger partial charge in [0.15, 0.2) is 0 Å². The van der Waals surface area contributed by atoms with Crippen molar-refractivity contribution in [2.75, 3.05) is 38.0 Å². The molecule has 1 saturated heterocycles. The molecule has 8 heteroatoms. The molecule has 0 bridgehead atoms. The number of phenolic OH excluding ortho intramolecular Hbond substituents is 1. The van der Waals surface area contributed by atoms with E-state index >= 15 is 0 Å². The van der Waals surface area contributed by atoms with E-state index in [1.165, 1.54) is 30.3 Å². The van der Waals surface area contributed by atoms with Crippen LogP contribution in [0.1, 0.15) is 10.4 Å². The van der Waals surface area contributed by atoms with Gasteiger partial charge in [0.1, 0.15) is 11.6 Å². The minimum Gasteiger partial charge on any atom is -0.507 e. The highest BCUT2D eigenvalue weighted by molar-refractivity contribution is 9.10. The van der Waals surface area contributed by atoms with Crippen LogP contribution in [0.2, 0.25) is 0 Å². The molecule has 3 rings (SSSR count). The molecule has 0 aliphatic carbocycles. The van der Waals surface area contributed by atoms with Crippen LogP contribution in [-0.2, 0) is 4.79 Å². The number of hydrogen-bond donors (Lipinski definition) is 2. The van der Waals surface area contributed by atoms with Crippen LogP contribution in [0.15, 0.2) is 46.9 Å². The Bertz CT molecular complexity index is 837. The van der Waals surface area contributed by atoms with Crippen molar-refractivity contribution in [3.63, 3.8) is 0 Å². The fourth-order valence-electron chi connectivity index (χ4n) is 2.90. The third-order valence-corrected chi connectivity index (χ3v) is 4.84. The Morgan fingerprint density at radius 3 is 2.41 bits per heavy atom. The minimum atomic E-state index is -0.356. The number of halogens is 2. The molecule has 0 aromatic heterocycles. The summed E-state index contributed by atoms with van der Waals surface area (Å²) in [5.74, 6) is -0.829. The maximum Gasteiger partial charge on any atom is 0.257 e. The van der Waals surface area contributed by atoms with Gasteiger partial charge in [-0.15, -0.1) is 0 Å². The van der Waals surface area contributed by atoms with E-state index in [1.54, 1.807) is 17.0 Å². The Kier molecular flexibility index (Phi) is 6.08. The van der Waals surface area contributed by atoms with Crippen LogP contribution in [-0.4, -0.2) is 59.4 Å². The highest BCUT2D eigenvalue weighted by atomic mass is 79.9. The highest BCUT2D eigenvalue weighted by Gasteiger charge is 2.25. The molecule has 0 unspecified atom stereocenters. The summed E-state index contributed by atoms with van der Waals surface area (Å²) in [6, 6.07) is 10.3. The number of amides is 2. The number of nitrogens with one attached hydrogen (secondary N) is 1. The first-order valence-corrected chi connectivity index (χ1v) is 9.27. The summed E-state index contributed by atoms with van der Waals surface area (Å²) in [4.78, 5) is 28.3. The number of anilines is 1. The molecule has 0 saturated carbocycles. The van der Waals surface area contributed by atoms with Gasteiger partial charge < -0.3 is 15.3 Å². The molecule has 1 aliphatic heterocycles. The second-order valence-corrected chi connectivity index (χ2v) is 7.20. The zero-order valence-corrected chi connectivity index (χ0v) is 16.1. The normalized spacial score (nSPS) is 14.8. The first kappa shape index (κ1) is 19.3. The van der Waals surface area contributed by atoms with Crippen molar-refractivity contribution in [2.24, 2.45) is 0 Å². The third kappa shape index (κ3) is 5.05. The standard InChI is InChI=1S/C19H19BrFN3O3/c20-13-1-6-17(25)16(11-13)19(27)24-9-7-23(8-10-24)12-18(26)22-15-4-2-14(21)3-5-15/h1-6,11,25H,7-10,12H2,(H,22,26). The van der Waals surface area contributed by atoms with Crippen LogP contribution >= 0.6 is 15.9 Å². The van der Waals surface area contributed by atoms with Crippen LogP contribution in [0, 0.1) is 5.82 Å². The summed E-state index contributed by atoms with van der Waals surface area (Å²) in [5.41, 5.74) is 0.798. The lowest BCUT2D eigenvalue weighted by molar-refractivity contribution is -0.117. The lowest BCUT2D eigenvalue weighted by atomic mass is 10.1. The Labute approximate surface area is 164 Å². The zero-order chi connectivity index (χ0) is 19.4. The average molecular weight is 436 g/mol.